The summed E-state index contributed by atoms with van der Waals surface area (Å²) in [5.41, 5.74) is 2.21. The summed E-state index contributed by atoms with van der Waals surface area (Å²) in [5, 5.41) is 0. The molecule has 7 heteroatoms. The lowest BCUT2D eigenvalue weighted by Gasteiger charge is -2.11. The fourth-order valence-electron chi connectivity index (χ4n) is 2.33. The Bertz CT molecular complexity index is 878. The monoisotopic (exact) mass is 389 g/mol. The van der Waals surface area contributed by atoms with Gasteiger partial charge in [-0.3, -0.25) is 4.79 Å². The van der Waals surface area contributed by atoms with Crippen LogP contribution in [0.3, 0.4) is 0 Å². The molecule has 2 aromatic heterocycles. The number of aromatic amines is 1. The van der Waals surface area contributed by atoms with Crippen molar-refractivity contribution in [1.82, 2.24) is 15.0 Å². The molecule has 0 radical (unpaired) electrons. The summed E-state index contributed by atoms with van der Waals surface area (Å²) < 4.78 is 11.5. The second-order valence-electron chi connectivity index (χ2n) is 5.31. The van der Waals surface area contributed by atoms with Gasteiger partial charge in [-0.25, -0.2) is 9.97 Å². The first-order chi connectivity index (χ1) is 11.5. The maximum Gasteiger partial charge on any atom is 0.310 e. The highest BCUT2D eigenvalue weighted by molar-refractivity contribution is 9.10. The molecule has 0 aliphatic rings. The Morgan fingerprint density at radius 1 is 1.38 bits per heavy atom. The summed E-state index contributed by atoms with van der Waals surface area (Å²) in [6.45, 7) is 1.77. The highest BCUT2D eigenvalue weighted by Crippen LogP contribution is 2.21. The van der Waals surface area contributed by atoms with Gasteiger partial charge in [-0.2, -0.15) is 0 Å². The molecule has 1 aromatic carbocycles. The van der Waals surface area contributed by atoms with Crippen LogP contribution < -0.4 is 4.74 Å². The summed E-state index contributed by atoms with van der Waals surface area (Å²) in [6, 6.07) is 9.22. The van der Waals surface area contributed by atoms with Crippen molar-refractivity contribution < 1.29 is 14.3 Å². The molecule has 0 spiro atoms. The van der Waals surface area contributed by atoms with Gasteiger partial charge in [0.2, 0.25) is 0 Å². The molecule has 0 aliphatic heterocycles. The predicted molar refractivity (Wildman–Crippen MR) is 92.8 cm³/mol. The number of hydrogen-bond donors (Lipinski definition) is 1. The average Bonchev–Trinajstić information content (AvgIpc) is 2.98. The maximum absolute atomic E-state index is 12.1. The number of carbonyl (C=O) groups excluding carboxylic acids is 1. The SMILES string of the molecule is COc1cccc(CC(=O)O[C@@H](C)c2nc3ncc(Br)cc3[nH]2)c1. The molecule has 0 bridgehead atoms. The number of imidazole rings is 1. The number of benzene rings is 1. The van der Waals surface area contributed by atoms with Crippen molar-refractivity contribution in [2.75, 3.05) is 7.11 Å². The van der Waals surface area contributed by atoms with E-state index in [1.54, 1.807) is 20.2 Å². The van der Waals surface area contributed by atoms with Crippen LogP contribution in [0.25, 0.3) is 11.2 Å². The van der Waals surface area contributed by atoms with Gasteiger partial charge in [0.1, 0.15) is 11.6 Å². The highest BCUT2D eigenvalue weighted by atomic mass is 79.9. The quantitative estimate of drug-likeness (QED) is 0.674. The van der Waals surface area contributed by atoms with Crippen molar-refractivity contribution in [3.63, 3.8) is 0 Å². The van der Waals surface area contributed by atoms with Crippen LogP contribution in [-0.4, -0.2) is 28.0 Å². The number of halogens is 1. The van der Waals surface area contributed by atoms with E-state index in [0.717, 1.165) is 15.6 Å². The third kappa shape index (κ3) is 3.73. The molecule has 2 heterocycles. The van der Waals surface area contributed by atoms with E-state index < -0.39 is 6.10 Å². The zero-order valence-electron chi connectivity index (χ0n) is 13.2. The summed E-state index contributed by atoms with van der Waals surface area (Å²) >= 11 is 3.36. The lowest BCUT2D eigenvalue weighted by molar-refractivity contribution is -0.148. The van der Waals surface area contributed by atoms with E-state index in [4.69, 9.17) is 9.47 Å². The number of carbonyl (C=O) groups is 1. The molecular weight excluding hydrogens is 374 g/mol. The van der Waals surface area contributed by atoms with Crippen LogP contribution in [0.15, 0.2) is 41.0 Å². The van der Waals surface area contributed by atoms with E-state index in [0.29, 0.717) is 17.2 Å². The fraction of sp³-hybridized carbons (Fsp3) is 0.235. The van der Waals surface area contributed by atoms with E-state index in [-0.39, 0.29) is 12.4 Å². The molecule has 1 N–H and O–H groups in total. The predicted octanol–water partition coefficient (Wildman–Crippen LogP) is 3.58. The highest BCUT2D eigenvalue weighted by Gasteiger charge is 2.16. The van der Waals surface area contributed by atoms with E-state index in [1.807, 2.05) is 30.3 Å². The minimum absolute atomic E-state index is 0.172. The summed E-state index contributed by atoms with van der Waals surface area (Å²) in [6.07, 6.45) is 1.36. The van der Waals surface area contributed by atoms with Crippen molar-refractivity contribution in [1.29, 1.82) is 0 Å². The summed E-state index contributed by atoms with van der Waals surface area (Å²) in [4.78, 5) is 23.8. The van der Waals surface area contributed by atoms with Crippen LogP contribution in [0.5, 0.6) is 5.75 Å². The van der Waals surface area contributed by atoms with Gasteiger partial charge in [-0.05, 0) is 46.6 Å². The van der Waals surface area contributed by atoms with Gasteiger partial charge in [-0.1, -0.05) is 12.1 Å². The zero-order valence-corrected chi connectivity index (χ0v) is 14.8. The van der Waals surface area contributed by atoms with Gasteiger partial charge in [-0.15, -0.1) is 0 Å². The Kier molecular flexibility index (Phi) is 4.80. The number of hydrogen-bond acceptors (Lipinski definition) is 5. The van der Waals surface area contributed by atoms with E-state index >= 15 is 0 Å². The van der Waals surface area contributed by atoms with E-state index in [1.165, 1.54) is 0 Å². The Morgan fingerprint density at radius 3 is 3.00 bits per heavy atom. The molecule has 0 saturated heterocycles. The molecule has 0 aliphatic carbocycles. The first-order valence-corrected chi connectivity index (χ1v) is 8.18. The van der Waals surface area contributed by atoms with E-state index in [9.17, 15) is 4.79 Å². The van der Waals surface area contributed by atoms with Crippen molar-refractivity contribution in [3.05, 3.63) is 52.4 Å². The van der Waals surface area contributed by atoms with Crippen LogP contribution in [-0.2, 0) is 16.0 Å². The number of nitrogens with zero attached hydrogens (tertiary/aromatic N) is 2. The first-order valence-electron chi connectivity index (χ1n) is 7.38. The number of H-pyrrole nitrogens is 1. The standard InChI is InChI=1S/C17H16BrN3O3/c1-10(16-20-14-8-12(18)9-19-17(14)21-16)24-15(22)7-11-4-3-5-13(6-11)23-2/h3-6,8-10H,7H2,1-2H3,(H,19,20,21)/t10-/m0/s1. The Hall–Kier alpha value is -2.41. The molecule has 124 valence electrons. The van der Waals surface area contributed by atoms with Crippen molar-refractivity contribution in [2.24, 2.45) is 0 Å². The van der Waals surface area contributed by atoms with E-state index in [2.05, 4.69) is 30.9 Å². The van der Waals surface area contributed by atoms with Crippen LogP contribution in [0, 0.1) is 0 Å². The van der Waals surface area contributed by atoms with Crippen molar-refractivity contribution >= 4 is 33.1 Å². The minimum atomic E-state index is -0.490. The fourth-order valence-corrected chi connectivity index (χ4v) is 2.66. The number of ether oxygens (including phenoxy) is 2. The molecule has 0 amide bonds. The molecular formula is C17H16BrN3O3. The summed E-state index contributed by atoms with van der Waals surface area (Å²) in [5.74, 6) is 0.947. The van der Waals surface area contributed by atoms with Gasteiger partial charge < -0.3 is 14.5 Å². The number of aromatic nitrogens is 3. The third-order valence-corrected chi connectivity index (χ3v) is 3.93. The van der Waals surface area contributed by atoms with Gasteiger partial charge in [0.25, 0.3) is 0 Å². The number of fused-ring (bicyclic) bond motifs is 1. The summed E-state index contributed by atoms with van der Waals surface area (Å²) in [7, 11) is 1.59. The number of pyridine rings is 1. The minimum Gasteiger partial charge on any atom is -0.497 e. The Morgan fingerprint density at radius 2 is 2.21 bits per heavy atom. The number of esters is 1. The van der Waals surface area contributed by atoms with Crippen molar-refractivity contribution in [3.8, 4) is 5.75 Å². The lowest BCUT2D eigenvalue weighted by Crippen LogP contribution is -2.12. The Labute approximate surface area is 147 Å². The Balaban J connectivity index is 1.68. The smallest absolute Gasteiger partial charge is 0.310 e. The lowest BCUT2D eigenvalue weighted by atomic mass is 10.1. The zero-order chi connectivity index (χ0) is 17.1. The molecule has 0 saturated carbocycles. The van der Waals surface area contributed by atoms with Crippen LogP contribution in [0.4, 0.5) is 0 Å². The average molecular weight is 390 g/mol. The largest absolute Gasteiger partial charge is 0.497 e. The second-order valence-corrected chi connectivity index (χ2v) is 6.22. The number of nitrogens with one attached hydrogen (secondary N) is 1. The van der Waals surface area contributed by atoms with Gasteiger partial charge in [0.05, 0.1) is 19.0 Å². The maximum atomic E-state index is 12.1. The molecule has 24 heavy (non-hydrogen) atoms. The first kappa shape index (κ1) is 16.4. The normalized spacial score (nSPS) is 12.1. The van der Waals surface area contributed by atoms with Gasteiger partial charge >= 0.3 is 5.97 Å². The molecule has 1 atom stereocenters. The molecule has 6 nitrogen and oxygen atoms in total. The molecule has 0 unspecified atom stereocenters. The third-order valence-electron chi connectivity index (χ3n) is 3.50. The molecule has 3 rings (SSSR count). The molecule has 0 fully saturated rings. The van der Waals surface area contributed by atoms with Crippen LogP contribution in [0.1, 0.15) is 24.4 Å². The second kappa shape index (κ2) is 7.00. The van der Waals surface area contributed by atoms with Gasteiger partial charge in [0, 0.05) is 10.7 Å². The van der Waals surface area contributed by atoms with Crippen LogP contribution in [0.2, 0.25) is 0 Å². The molecule has 3 aromatic rings. The topological polar surface area (TPSA) is 77.1 Å². The number of methoxy groups -OCH3 is 1. The van der Waals surface area contributed by atoms with Crippen LogP contribution >= 0.6 is 15.9 Å². The number of rotatable bonds is 5. The van der Waals surface area contributed by atoms with Crippen molar-refractivity contribution in [2.45, 2.75) is 19.4 Å². The van der Waals surface area contributed by atoms with Gasteiger partial charge in [0.15, 0.2) is 11.8 Å².